The number of nitrogens with zero attached hydrogens (tertiary/aromatic N) is 3. The molecule has 24 heavy (non-hydrogen) atoms. The Bertz CT molecular complexity index is 938. The minimum Gasteiger partial charge on any atom is -0.306 e. The second-order valence-corrected chi connectivity index (χ2v) is 5.18. The number of aromatic nitrogens is 2. The zero-order chi connectivity index (χ0) is 17.1. The smallest absolute Gasteiger partial charge is 0.256 e. The van der Waals surface area contributed by atoms with Crippen molar-refractivity contribution >= 4 is 11.7 Å². The summed E-state index contributed by atoms with van der Waals surface area (Å²) in [7, 11) is 0. The number of aryl methyl sites for hydroxylation is 1. The second-order valence-electron chi connectivity index (χ2n) is 5.18. The third kappa shape index (κ3) is 3.01. The van der Waals surface area contributed by atoms with Crippen LogP contribution in [-0.4, -0.2) is 15.7 Å². The van der Waals surface area contributed by atoms with Gasteiger partial charge >= 0.3 is 0 Å². The zero-order valence-electron chi connectivity index (χ0n) is 12.8. The largest absolute Gasteiger partial charge is 0.306 e. The van der Waals surface area contributed by atoms with Crippen LogP contribution in [0, 0.1) is 24.1 Å². The summed E-state index contributed by atoms with van der Waals surface area (Å²) < 4.78 is 15.4. The van der Waals surface area contributed by atoms with Crippen molar-refractivity contribution in [2.24, 2.45) is 0 Å². The van der Waals surface area contributed by atoms with Gasteiger partial charge in [0.2, 0.25) is 0 Å². The number of nitriles is 1. The normalized spacial score (nSPS) is 10.2. The summed E-state index contributed by atoms with van der Waals surface area (Å²) in [5.41, 5.74) is 1.76. The van der Waals surface area contributed by atoms with Crippen molar-refractivity contribution < 1.29 is 9.18 Å². The van der Waals surface area contributed by atoms with Gasteiger partial charge in [0.15, 0.2) is 0 Å². The fourth-order valence-corrected chi connectivity index (χ4v) is 2.28. The Morgan fingerprint density at radius 1 is 1.21 bits per heavy atom. The molecule has 6 heteroatoms. The molecule has 118 valence electrons. The topological polar surface area (TPSA) is 70.7 Å². The van der Waals surface area contributed by atoms with Crippen molar-refractivity contribution in [1.82, 2.24) is 9.78 Å². The lowest BCUT2D eigenvalue weighted by atomic mass is 10.1. The van der Waals surface area contributed by atoms with Gasteiger partial charge in [0.05, 0.1) is 17.3 Å². The van der Waals surface area contributed by atoms with Gasteiger partial charge in [-0.1, -0.05) is 12.1 Å². The van der Waals surface area contributed by atoms with Gasteiger partial charge in [0.1, 0.15) is 17.3 Å². The first kappa shape index (κ1) is 15.4. The van der Waals surface area contributed by atoms with Gasteiger partial charge in [-0.2, -0.15) is 10.4 Å². The van der Waals surface area contributed by atoms with E-state index in [1.165, 1.54) is 10.7 Å². The molecule has 0 radical (unpaired) electrons. The maximum absolute atomic E-state index is 14.0. The van der Waals surface area contributed by atoms with Crippen molar-refractivity contribution in [2.75, 3.05) is 5.32 Å². The third-order valence-electron chi connectivity index (χ3n) is 3.43. The Labute approximate surface area is 138 Å². The molecule has 1 N–H and O–H groups in total. The summed E-state index contributed by atoms with van der Waals surface area (Å²) in [6.07, 6.45) is 0. The molecule has 0 unspecified atom stereocenters. The molecule has 1 amide bonds. The number of para-hydroxylation sites is 1. The molecular weight excluding hydrogens is 307 g/mol. The van der Waals surface area contributed by atoms with Crippen LogP contribution in [-0.2, 0) is 0 Å². The minimum atomic E-state index is -0.436. The number of hydrogen-bond donors (Lipinski definition) is 1. The first-order valence-electron chi connectivity index (χ1n) is 7.21. The minimum absolute atomic E-state index is 0.251. The number of carbonyl (C=O) groups is 1. The van der Waals surface area contributed by atoms with E-state index < -0.39 is 5.82 Å². The van der Waals surface area contributed by atoms with Gasteiger partial charge in [-0.25, -0.2) is 9.07 Å². The number of rotatable bonds is 3. The molecule has 0 saturated carbocycles. The molecule has 0 aliphatic rings. The molecule has 0 saturated heterocycles. The lowest BCUT2D eigenvalue weighted by Gasteiger charge is -2.09. The van der Waals surface area contributed by atoms with E-state index in [9.17, 15) is 9.18 Å². The van der Waals surface area contributed by atoms with Crippen molar-refractivity contribution in [2.45, 2.75) is 6.92 Å². The molecule has 1 heterocycles. The highest BCUT2D eigenvalue weighted by atomic mass is 19.1. The van der Waals surface area contributed by atoms with Crippen LogP contribution in [0.25, 0.3) is 5.69 Å². The van der Waals surface area contributed by atoms with Gasteiger partial charge in [-0.15, -0.1) is 0 Å². The molecule has 0 aliphatic carbocycles. The molecule has 5 nitrogen and oxygen atoms in total. The van der Waals surface area contributed by atoms with Crippen LogP contribution in [0.4, 0.5) is 10.2 Å². The monoisotopic (exact) mass is 320 g/mol. The second kappa shape index (κ2) is 6.34. The van der Waals surface area contributed by atoms with Gasteiger partial charge in [-0.05, 0) is 43.3 Å². The number of anilines is 1. The molecule has 0 atom stereocenters. The Kier molecular flexibility index (Phi) is 4.08. The van der Waals surface area contributed by atoms with Crippen LogP contribution in [0.15, 0.2) is 54.6 Å². The Morgan fingerprint density at radius 2 is 1.92 bits per heavy atom. The number of nitrogens with one attached hydrogen (secondary N) is 1. The standard InChI is InChI=1S/C18H13FN4O/c1-12-10-17(23(22-12)16-5-3-2-4-15(16)19)21-18(24)14-8-6-13(11-20)7-9-14/h2-10H,1H3,(H,21,24). The fourth-order valence-electron chi connectivity index (χ4n) is 2.28. The maximum atomic E-state index is 14.0. The highest BCUT2D eigenvalue weighted by Gasteiger charge is 2.14. The molecule has 3 aromatic rings. The summed E-state index contributed by atoms with van der Waals surface area (Å²) in [6.45, 7) is 1.76. The van der Waals surface area contributed by atoms with E-state index in [0.29, 0.717) is 22.6 Å². The summed E-state index contributed by atoms with van der Waals surface area (Å²) in [4.78, 5) is 12.4. The van der Waals surface area contributed by atoms with Crippen molar-refractivity contribution in [1.29, 1.82) is 5.26 Å². The molecule has 2 aromatic carbocycles. The average Bonchev–Trinajstić information content (AvgIpc) is 2.95. The van der Waals surface area contributed by atoms with Crippen LogP contribution in [0.1, 0.15) is 21.6 Å². The highest BCUT2D eigenvalue weighted by Crippen LogP contribution is 2.20. The van der Waals surface area contributed by atoms with E-state index in [1.807, 2.05) is 6.07 Å². The Morgan fingerprint density at radius 3 is 2.58 bits per heavy atom. The van der Waals surface area contributed by atoms with Crippen molar-refractivity contribution in [3.05, 3.63) is 77.2 Å². The maximum Gasteiger partial charge on any atom is 0.256 e. The van der Waals surface area contributed by atoms with E-state index in [1.54, 1.807) is 55.5 Å². The van der Waals surface area contributed by atoms with Crippen molar-refractivity contribution in [3.63, 3.8) is 0 Å². The van der Waals surface area contributed by atoms with Gasteiger partial charge in [-0.3, -0.25) is 4.79 Å². The molecule has 3 rings (SSSR count). The lowest BCUT2D eigenvalue weighted by Crippen LogP contribution is -2.15. The first-order valence-corrected chi connectivity index (χ1v) is 7.21. The summed E-state index contributed by atoms with van der Waals surface area (Å²) in [5.74, 6) is -0.432. The molecule has 0 bridgehead atoms. The zero-order valence-corrected chi connectivity index (χ0v) is 12.8. The summed E-state index contributed by atoms with van der Waals surface area (Å²) in [6, 6.07) is 16.1. The summed E-state index contributed by atoms with van der Waals surface area (Å²) in [5, 5.41) is 15.8. The molecule has 0 fully saturated rings. The van der Waals surface area contributed by atoms with Gasteiger partial charge in [0, 0.05) is 11.6 Å². The predicted molar refractivity (Wildman–Crippen MR) is 87.4 cm³/mol. The number of amides is 1. The first-order chi connectivity index (χ1) is 11.6. The molecule has 0 aliphatic heterocycles. The van der Waals surface area contributed by atoms with Gasteiger partial charge < -0.3 is 5.32 Å². The number of hydrogen-bond acceptors (Lipinski definition) is 3. The van der Waals surface area contributed by atoms with Crippen LogP contribution >= 0.6 is 0 Å². The lowest BCUT2D eigenvalue weighted by molar-refractivity contribution is 0.102. The Balaban J connectivity index is 1.92. The van der Waals surface area contributed by atoms with E-state index in [4.69, 9.17) is 5.26 Å². The predicted octanol–water partition coefficient (Wildman–Crippen LogP) is 3.44. The number of carbonyl (C=O) groups excluding carboxylic acids is 1. The SMILES string of the molecule is Cc1cc(NC(=O)c2ccc(C#N)cc2)n(-c2ccccc2F)n1. The average molecular weight is 320 g/mol. The summed E-state index contributed by atoms with van der Waals surface area (Å²) >= 11 is 0. The van der Waals surface area contributed by atoms with Crippen LogP contribution in [0.3, 0.4) is 0 Å². The van der Waals surface area contributed by atoms with E-state index in [-0.39, 0.29) is 11.6 Å². The van der Waals surface area contributed by atoms with E-state index >= 15 is 0 Å². The number of halogens is 1. The molecule has 1 aromatic heterocycles. The molecular formula is C18H13FN4O. The highest BCUT2D eigenvalue weighted by molar-refractivity contribution is 6.04. The van der Waals surface area contributed by atoms with Crippen LogP contribution < -0.4 is 5.32 Å². The van der Waals surface area contributed by atoms with Crippen molar-refractivity contribution in [3.8, 4) is 11.8 Å². The Hall–Kier alpha value is -3.46. The number of benzene rings is 2. The van der Waals surface area contributed by atoms with Gasteiger partial charge in [0.25, 0.3) is 5.91 Å². The van der Waals surface area contributed by atoms with E-state index in [2.05, 4.69) is 10.4 Å². The fraction of sp³-hybridized carbons (Fsp3) is 0.0556. The third-order valence-corrected chi connectivity index (χ3v) is 3.43. The molecule has 0 spiro atoms. The quantitative estimate of drug-likeness (QED) is 0.803. The van der Waals surface area contributed by atoms with Crippen LogP contribution in [0.2, 0.25) is 0 Å². The van der Waals surface area contributed by atoms with Crippen LogP contribution in [0.5, 0.6) is 0 Å². The van der Waals surface area contributed by atoms with E-state index in [0.717, 1.165) is 0 Å².